The topological polar surface area (TPSA) is 12.0 Å². The van der Waals surface area contributed by atoms with E-state index in [9.17, 15) is 0 Å². The van der Waals surface area contributed by atoms with E-state index >= 15 is 0 Å². The van der Waals surface area contributed by atoms with Gasteiger partial charge in [0, 0.05) is 6.04 Å². The zero-order valence-electron chi connectivity index (χ0n) is 9.90. The van der Waals surface area contributed by atoms with E-state index in [0.717, 1.165) is 5.92 Å². The lowest BCUT2D eigenvalue weighted by Crippen LogP contribution is -2.24. The monoisotopic (exact) mass is 185 g/mol. The highest BCUT2D eigenvalue weighted by Gasteiger charge is 2.01. The zero-order chi connectivity index (χ0) is 10.1. The quantitative estimate of drug-likeness (QED) is 0.570. The van der Waals surface area contributed by atoms with Crippen molar-refractivity contribution in [3.05, 3.63) is 0 Å². The molecular weight excluding hydrogens is 158 g/mol. The summed E-state index contributed by atoms with van der Waals surface area (Å²) < 4.78 is 0. The van der Waals surface area contributed by atoms with Gasteiger partial charge in [-0.25, -0.2) is 0 Å². The molecule has 0 aliphatic carbocycles. The molecule has 1 atom stereocenters. The molecule has 0 radical (unpaired) electrons. The predicted molar refractivity (Wildman–Crippen MR) is 61.1 cm³/mol. The molecule has 1 N–H and O–H groups in total. The molecule has 1 nitrogen and oxygen atoms in total. The molecule has 0 heterocycles. The average molecular weight is 185 g/mol. The highest BCUT2D eigenvalue weighted by atomic mass is 14.9. The Morgan fingerprint density at radius 3 is 2.23 bits per heavy atom. The van der Waals surface area contributed by atoms with Crippen LogP contribution in [0.5, 0.6) is 0 Å². The van der Waals surface area contributed by atoms with Crippen molar-refractivity contribution in [2.45, 2.75) is 65.8 Å². The summed E-state index contributed by atoms with van der Waals surface area (Å²) in [5.74, 6) is 0.901. The first-order valence-electron chi connectivity index (χ1n) is 5.90. The van der Waals surface area contributed by atoms with Crippen LogP contribution in [-0.4, -0.2) is 12.6 Å². The first-order valence-corrected chi connectivity index (χ1v) is 5.90. The Morgan fingerprint density at radius 1 is 1.00 bits per heavy atom. The van der Waals surface area contributed by atoms with Gasteiger partial charge >= 0.3 is 0 Å². The number of hydrogen-bond donors (Lipinski definition) is 1. The fraction of sp³-hybridized carbons (Fsp3) is 1.00. The Bertz CT molecular complexity index is 99.3. The Labute approximate surface area is 84.3 Å². The maximum atomic E-state index is 3.47. The Kier molecular flexibility index (Phi) is 8.53. The molecule has 0 saturated carbocycles. The first kappa shape index (κ1) is 13.0. The first-order chi connectivity index (χ1) is 6.16. The molecule has 0 rings (SSSR count). The van der Waals surface area contributed by atoms with Crippen LogP contribution in [-0.2, 0) is 0 Å². The molecule has 0 aliphatic rings. The van der Waals surface area contributed by atoms with E-state index < -0.39 is 0 Å². The molecule has 0 saturated heterocycles. The summed E-state index contributed by atoms with van der Waals surface area (Å²) in [5, 5.41) is 3.47. The van der Waals surface area contributed by atoms with Gasteiger partial charge in [0.05, 0.1) is 0 Å². The van der Waals surface area contributed by atoms with Crippen LogP contribution in [0.15, 0.2) is 0 Å². The number of hydrogen-bond acceptors (Lipinski definition) is 1. The molecule has 1 unspecified atom stereocenters. The lowest BCUT2D eigenvalue weighted by atomic mass is 10.00. The van der Waals surface area contributed by atoms with Gasteiger partial charge in [0.15, 0.2) is 0 Å². The van der Waals surface area contributed by atoms with Gasteiger partial charge in [-0.3, -0.25) is 0 Å². The van der Waals surface area contributed by atoms with Crippen molar-refractivity contribution < 1.29 is 0 Å². The maximum absolute atomic E-state index is 3.47. The molecular formula is C12H27N. The summed E-state index contributed by atoms with van der Waals surface area (Å²) in [6.45, 7) is 10.2. The van der Waals surface area contributed by atoms with Crippen LogP contribution < -0.4 is 5.32 Å². The molecule has 0 bridgehead atoms. The highest BCUT2D eigenvalue weighted by Crippen LogP contribution is 2.11. The Hall–Kier alpha value is -0.0400. The van der Waals surface area contributed by atoms with Crippen LogP contribution in [0.2, 0.25) is 0 Å². The Balaban J connectivity index is 3.15. The van der Waals surface area contributed by atoms with Crippen LogP contribution in [0.25, 0.3) is 0 Å². The summed E-state index contributed by atoms with van der Waals surface area (Å²) in [6, 6.07) is 0.642. The van der Waals surface area contributed by atoms with Gasteiger partial charge in [-0.1, -0.05) is 53.4 Å². The van der Waals surface area contributed by atoms with Crippen molar-refractivity contribution >= 4 is 0 Å². The zero-order valence-corrected chi connectivity index (χ0v) is 9.90. The van der Waals surface area contributed by atoms with Gasteiger partial charge < -0.3 is 5.32 Å². The molecule has 0 spiro atoms. The van der Waals surface area contributed by atoms with Gasteiger partial charge in [-0.15, -0.1) is 0 Å². The van der Waals surface area contributed by atoms with Crippen molar-refractivity contribution in [2.24, 2.45) is 5.92 Å². The third-order valence-corrected chi connectivity index (χ3v) is 2.49. The lowest BCUT2D eigenvalue weighted by molar-refractivity contribution is 0.436. The normalized spacial score (nSPS) is 13.6. The molecule has 1 heteroatoms. The second-order valence-corrected chi connectivity index (χ2v) is 4.50. The number of unbranched alkanes of at least 4 members (excludes halogenated alkanes) is 2. The van der Waals surface area contributed by atoms with E-state index in [1.807, 2.05) is 0 Å². The number of nitrogens with one attached hydrogen (secondary N) is 1. The van der Waals surface area contributed by atoms with Crippen molar-refractivity contribution in [3.63, 3.8) is 0 Å². The summed E-state index contributed by atoms with van der Waals surface area (Å²) in [4.78, 5) is 0. The van der Waals surface area contributed by atoms with Crippen molar-refractivity contribution in [3.8, 4) is 0 Å². The van der Waals surface area contributed by atoms with Gasteiger partial charge in [-0.2, -0.15) is 0 Å². The summed E-state index contributed by atoms with van der Waals surface area (Å²) in [7, 11) is 0. The maximum Gasteiger partial charge on any atom is 0.00103 e. The van der Waals surface area contributed by atoms with Crippen molar-refractivity contribution in [1.29, 1.82) is 0 Å². The fourth-order valence-corrected chi connectivity index (χ4v) is 1.51. The van der Waals surface area contributed by atoms with E-state index in [-0.39, 0.29) is 0 Å². The molecule has 0 aromatic carbocycles. The molecule has 0 aromatic heterocycles. The fourth-order valence-electron chi connectivity index (χ4n) is 1.51. The molecule has 80 valence electrons. The van der Waals surface area contributed by atoms with Gasteiger partial charge in [-0.05, 0) is 18.9 Å². The summed E-state index contributed by atoms with van der Waals surface area (Å²) in [6.07, 6.45) is 6.91. The van der Waals surface area contributed by atoms with E-state index in [1.165, 1.54) is 38.6 Å². The van der Waals surface area contributed by atoms with E-state index in [0.29, 0.717) is 6.04 Å². The van der Waals surface area contributed by atoms with Crippen LogP contribution in [0.3, 0.4) is 0 Å². The second kappa shape index (κ2) is 8.55. The average Bonchev–Trinajstić information content (AvgIpc) is 2.04. The minimum absolute atomic E-state index is 0.642. The molecule has 0 aliphatic heterocycles. The third kappa shape index (κ3) is 9.88. The van der Waals surface area contributed by atoms with Crippen LogP contribution in [0.4, 0.5) is 0 Å². The SMILES string of the molecule is CCCCCC(C)CCNC(C)C. The molecule has 13 heavy (non-hydrogen) atoms. The standard InChI is InChI=1S/C12H27N/c1-5-6-7-8-12(4)9-10-13-11(2)3/h11-13H,5-10H2,1-4H3. The van der Waals surface area contributed by atoms with E-state index in [1.54, 1.807) is 0 Å². The van der Waals surface area contributed by atoms with E-state index in [4.69, 9.17) is 0 Å². The minimum atomic E-state index is 0.642. The van der Waals surface area contributed by atoms with Crippen LogP contribution >= 0.6 is 0 Å². The highest BCUT2D eigenvalue weighted by molar-refractivity contribution is 4.58. The second-order valence-electron chi connectivity index (χ2n) is 4.50. The molecule has 0 aromatic rings. The van der Waals surface area contributed by atoms with E-state index in [2.05, 4.69) is 33.0 Å². The summed E-state index contributed by atoms with van der Waals surface area (Å²) >= 11 is 0. The van der Waals surface area contributed by atoms with Gasteiger partial charge in [0.25, 0.3) is 0 Å². The third-order valence-electron chi connectivity index (χ3n) is 2.49. The predicted octanol–water partition coefficient (Wildman–Crippen LogP) is 3.59. The minimum Gasteiger partial charge on any atom is -0.315 e. The Morgan fingerprint density at radius 2 is 1.69 bits per heavy atom. The molecule has 0 fully saturated rings. The smallest absolute Gasteiger partial charge is 0.00103 e. The van der Waals surface area contributed by atoms with Gasteiger partial charge in [0.2, 0.25) is 0 Å². The summed E-state index contributed by atoms with van der Waals surface area (Å²) in [5.41, 5.74) is 0. The molecule has 0 amide bonds. The van der Waals surface area contributed by atoms with Crippen molar-refractivity contribution in [1.82, 2.24) is 5.32 Å². The largest absolute Gasteiger partial charge is 0.315 e. The van der Waals surface area contributed by atoms with Crippen LogP contribution in [0, 0.1) is 5.92 Å². The lowest BCUT2D eigenvalue weighted by Gasteiger charge is -2.13. The van der Waals surface area contributed by atoms with Crippen LogP contribution in [0.1, 0.15) is 59.8 Å². The van der Waals surface area contributed by atoms with Crippen molar-refractivity contribution in [2.75, 3.05) is 6.54 Å². The van der Waals surface area contributed by atoms with Gasteiger partial charge in [0.1, 0.15) is 0 Å². The number of rotatable bonds is 8.